The van der Waals surface area contributed by atoms with Gasteiger partial charge in [0, 0.05) is 23.3 Å². The molecule has 2 N–H and O–H groups in total. The third kappa shape index (κ3) is 5.39. The molecule has 0 aliphatic carbocycles. The minimum absolute atomic E-state index is 0.136. The fraction of sp³-hybridized carbons (Fsp3) is 0.353. The van der Waals surface area contributed by atoms with Crippen LogP contribution < -0.4 is 10.9 Å². The quantitative estimate of drug-likeness (QED) is 0.583. The predicted octanol–water partition coefficient (Wildman–Crippen LogP) is 3.17. The molecule has 0 saturated carbocycles. The molecule has 1 amide bonds. The van der Waals surface area contributed by atoms with E-state index in [4.69, 9.17) is 11.6 Å². The molecule has 5 nitrogen and oxygen atoms in total. The number of nitrogens with zero attached hydrogens (tertiary/aromatic N) is 1. The molecule has 7 heteroatoms. The van der Waals surface area contributed by atoms with Crippen molar-refractivity contribution in [2.45, 2.75) is 43.6 Å². The third-order valence-corrected chi connectivity index (χ3v) is 4.70. The van der Waals surface area contributed by atoms with E-state index >= 15 is 0 Å². The molecule has 1 atom stereocenters. The SMILES string of the molecule is CCCc1cc(=O)[nH]c(SC(C)C(=O)NCc2ccccc2Cl)n1. The highest BCUT2D eigenvalue weighted by Crippen LogP contribution is 2.19. The summed E-state index contributed by atoms with van der Waals surface area (Å²) >= 11 is 7.31. The lowest BCUT2D eigenvalue weighted by atomic mass is 10.2. The molecule has 1 heterocycles. The first-order chi connectivity index (χ1) is 11.5. The number of benzene rings is 1. The van der Waals surface area contributed by atoms with Crippen LogP contribution in [0.1, 0.15) is 31.5 Å². The molecule has 0 aliphatic heterocycles. The highest BCUT2D eigenvalue weighted by molar-refractivity contribution is 8.00. The van der Waals surface area contributed by atoms with Gasteiger partial charge in [0.1, 0.15) is 0 Å². The maximum Gasteiger partial charge on any atom is 0.251 e. The van der Waals surface area contributed by atoms with Crippen molar-refractivity contribution in [3.05, 3.63) is 57.0 Å². The highest BCUT2D eigenvalue weighted by Gasteiger charge is 2.16. The first-order valence-corrected chi connectivity index (χ1v) is 9.03. The Labute approximate surface area is 150 Å². The zero-order valence-electron chi connectivity index (χ0n) is 13.6. The summed E-state index contributed by atoms with van der Waals surface area (Å²) < 4.78 is 0. The summed E-state index contributed by atoms with van der Waals surface area (Å²) in [4.78, 5) is 30.9. The van der Waals surface area contributed by atoms with Crippen LogP contribution in [0, 0.1) is 0 Å². The number of nitrogens with one attached hydrogen (secondary N) is 2. The molecule has 1 aromatic carbocycles. The Hall–Kier alpha value is -1.79. The van der Waals surface area contributed by atoms with Crippen LogP contribution in [-0.2, 0) is 17.8 Å². The molecule has 0 spiro atoms. The van der Waals surface area contributed by atoms with Crippen molar-refractivity contribution in [1.82, 2.24) is 15.3 Å². The largest absolute Gasteiger partial charge is 0.351 e. The normalized spacial score (nSPS) is 12.0. The Bertz CT molecular complexity index is 763. The van der Waals surface area contributed by atoms with Crippen LogP contribution in [0.25, 0.3) is 0 Å². The molecule has 128 valence electrons. The van der Waals surface area contributed by atoms with E-state index in [0.717, 1.165) is 24.1 Å². The lowest BCUT2D eigenvalue weighted by Crippen LogP contribution is -2.30. The summed E-state index contributed by atoms with van der Waals surface area (Å²) in [6.45, 7) is 4.17. The number of thioether (sulfide) groups is 1. The Morgan fingerprint density at radius 2 is 2.17 bits per heavy atom. The lowest BCUT2D eigenvalue weighted by molar-refractivity contribution is -0.120. The summed E-state index contributed by atoms with van der Waals surface area (Å²) in [6, 6.07) is 8.87. The fourth-order valence-corrected chi connectivity index (χ4v) is 3.17. The molecule has 1 aromatic heterocycles. The van der Waals surface area contributed by atoms with Crippen molar-refractivity contribution in [3.8, 4) is 0 Å². The molecule has 2 aromatic rings. The van der Waals surface area contributed by atoms with Gasteiger partial charge in [-0.3, -0.25) is 9.59 Å². The predicted molar refractivity (Wildman–Crippen MR) is 97.5 cm³/mol. The number of aromatic nitrogens is 2. The van der Waals surface area contributed by atoms with Gasteiger partial charge in [0.05, 0.1) is 5.25 Å². The zero-order valence-corrected chi connectivity index (χ0v) is 15.2. The number of carbonyl (C=O) groups excluding carboxylic acids is 1. The average molecular weight is 366 g/mol. The second-order valence-electron chi connectivity index (χ2n) is 5.36. The van der Waals surface area contributed by atoms with Crippen LogP contribution in [0.2, 0.25) is 5.02 Å². The number of carbonyl (C=O) groups is 1. The topological polar surface area (TPSA) is 74.8 Å². The van der Waals surface area contributed by atoms with Gasteiger partial charge < -0.3 is 10.3 Å². The van der Waals surface area contributed by atoms with E-state index < -0.39 is 0 Å². The first-order valence-electron chi connectivity index (χ1n) is 7.77. The molecule has 2 rings (SSSR count). The Morgan fingerprint density at radius 3 is 2.88 bits per heavy atom. The van der Waals surface area contributed by atoms with Crippen LogP contribution in [0.3, 0.4) is 0 Å². The minimum Gasteiger partial charge on any atom is -0.351 e. The van der Waals surface area contributed by atoms with Crippen molar-refractivity contribution < 1.29 is 4.79 Å². The standard InChI is InChI=1S/C17H20ClN3O2S/c1-3-6-13-9-15(22)21-17(20-13)24-11(2)16(23)19-10-12-7-4-5-8-14(12)18/h4-5,7-9,11H,3,6,10H2,1-2H3,(H,19,23)(H,20,21,22). The maximum absolute atomic E-state index is 12.2. The van der Waals surface area contributed by atoms with Gasteiger partial charge in [-0.15, -0.1) is 0 Å². The van der Waals surface area contributed by atoms with E-state index in [1.165, 1.54) is 17.8 Å². The van der Waals surface area contributed by atoms with E-state index in [2.05, 4.69) is 15.3 Å². The van der Waals surface area contributed by atoms with Gasteiger partial charge in [-0.1, -0.05) is 54.9 Å². The van der Waals surface area contributed by atoms with Crippen LogP contribution >= 0.6 is 23.4 Å². The number of halogens is 1. The lowest BCUT2D eigenvalue weighted by Gasteiger charge is -2.12. The van der Waals surface area contributed by atoms with Crippen molar-refractivity contribution >= 4 is 29.3 Å². The summed E-state index contributed by atoms with van der Waals surface area (Å²) in [5.41, 5.74) is 1.41. The second-order valence-corrected chi connectivity index (χ2v) is 7.10. The van der Waals surface area contributed by atoms with Gasteiger partial charge in [0.2, 0.25) is 5.91 Å². The molecule has 1 unspecified atom stereocenters. The van der Waals surface area contributed by atoms with Gasteiger partial charge in [0.15, 0.2) is 5.16 Å². The van der Waals surface area contributed by atoms with Crippen LogP contribution in [0.5, 0.6) is 0 Å². The smallest absolute Gasteiger partial charge is 0.251 e. The van der Waals surface area contributed by atoms with Crippen molar-refractivity contribution in [2.75, 3.05) is 0 Å². The molecule has 0 fully saturated rings. The number of amides is 1. The van der Waals surface area contributed by atoms with Crippen molar-refractivity contribution in [1.29, 1.82) is 0 Å². The molecule has 0 aliphatic rings. The monoisotopic (exact) mass is 365 g/mol. The number of hydrogen-bond donors (Lipinski definition) is 2. The van der Waals surface area contributed by atoms with Gasteiger partial charge in [-0.25, -0.2) is 4.98 Å². The average Bonchev–Trinajstić information content (AvgIpc) is 2.53. The second kappa shape index (κ2) is 8.89. The third-order valence-electron chi connectivity index (χ3n) is 3.35. The van der Waals surface area contributed by atoms with Crippen molar-refractivity contribution in [3.63, 3.8) is 0 Å². The van der Waals surface area contributed by atoms with Crippen molar-refractivity contribution in [2.24, 2.45) is 0 Å². The molecule has 24 heavy (non-hydrogen) atoms. The first kappa shape index (κ1) is 18.5. The van der Waals surface area contributed by atoms with Gasteiger partial charge in [-0.2, -0.15) is 0 Å². The zero-order chi connectivity index (χ0) is 17.5. The van der Waals surface area contributed by atoms with Gasteiger partial charge in [0.25, 0.3) is 5.56 Å². The Balaban J connectivity index is 1.96. The summed E-state index contributed by atoms with van der Waals surface area (Å²) in [5.74, 6) is -0.136. The molecule has 0 saturated heterocycles. The van der Waals surface area contributed by atoms with E-state index in [0.29, 0.717) is 16.7 Å². The van der Waals surface area contributed by atoms with Crippen LogP contribution in [-0.4, -0.2) is 21.1 Å². The summed E-state index contributed by atoms with van der Waals surface area (Å²) in [7, 11) is 0. The highest BCUT2D eigenvalue weighted by atomic mass is 35.5. The van der Waals surface area contributed by atoms with E-state index in [1.807, 2.05) is 25.1 Å². The molecular formula is C17H20ClN3O2S. The number of hydrogen-bond acceptors (Lipinski definition) is 4. The maximum atomic E-state index is 12.2. The summed E-state index contributed by atoms with van der Waals surface area (Å²) in [5, 5.41) is 3.55. The number of aromatic amines is 1. The van der Waals surface area contributed by atoms with Crippen LogP contribution in [0.15, 0.2) is 40.3 Å². The number of H-pyrrole nitrogens is 1. The Kier molecular flexibility index (Phi) is 6.87. The minimum atomic E-state index is -0.382. The summed E-state index contributed by atoms with van der Waals surface area (Å²) in [6.07, 6.45) is 1.65. The van der Waals surface area contributed by atoms with Gasteiger partial charge in [-0.05, 0) is 25.0 Å². The van der Waals surface area contributed by atoms with Gasteiger partial charge >= 0.3 is 0 Å². The van der Waals surface area contributed by atoms with Crippen LogP contribution in [0.4, 0.5) is 0 Å². The Morgan fingerprint density at radius 1 is 1.42 bits per heavy atom. The molecule has 0 bridgehead atoms. The fourth-order valence-electron chi connectivity index (χ4n) is 2.11. The number of aryl methyl sites for hydroxylation is 1. The van der Waals surface area contributed by atoms with E-state index in [9.17, 15) is 9.59 Å². The molecule has 0 radical (unpaired) electrons. The van der Waals surface area contributed by atoms with E-state index in [-0.39, 0.29) is 16.7 Å². The van der Waals surface area contributed by atoms with E-state index in [1.54, 1.807) is 13.0 Å². The number of rotatable bonds is 7. The molecular weight excluding hydrogens is 346 g/mol.